The molecule has 2 aromatic carbocycles. The number of hydrogen-bond donors (Lipinski definition) is 1. The lowest BCUT2D eigenvalue weighted by molar-refractivity contribution is -0.147. The summed E-state index contributed by atoms with van der Waals surface area (Å²) in [5.74, 6) is 0.146. The van der Waals surface area contributed by atoms with E-state index >= 15 is 0 Å². The molecule has 0 bridgehead atoms. The van der Waals surface area contributed by atoms with E-state index in [4.69, 9.17) is 4.74 Å². The van der Waals surface area contributed by atoms with Gasteiger partial charge >= 0.3 is 5.97 Å². The van der Waals surface area contributed by atoms with E-state index in [1.165, 1.54) is 5.57 Å². The molecule has 0 amide bonds. The third-order valence-corrected chi connectivity index (χ3v) is 5.05. The molecule has 136 valence electrons. The van der Waals surface area contributed by atoms with Gasteiger partial charge in [-0.05, 0) is 55.0 Å². The minimum absolute atomic E-state index is 0.00886. The van der Waals surface area contributed by atoms with Gasteiger partial charge in [0, 0.05) is 11.4 Å². The Morgan fingerprint density at radius 2 is 1.77 bits per heavy atom. The topological polar surface area (TPSA) is 38.3 Å². The molecule has 0 spiro atoms. The molecule has 1 aliphatic rings. The predicted octanol–water partition coefficient (Wildman–Crippen LogP) is 5.71. The summed E-state index contributed by atoms with van der Waals surface area (Å²) in [6.45, 7) is 8.71. The number of rotatable bonds is 6. The Bertz CT molecular complexity index is 804. The van der Waals surface area contributed by atoms with Gasteiger partial charge < -0.3 is 10.1 Å². The molecule has 0 radical (unpaired) electrons. The predicted molar refractivity (Wildman–Crippen MR) is 106 cm³/mol. The Balaban J connectivity index is 1.59. The van der Waals surface area contributed by atoms with Crippen LogP contribution in [-0.4, -0.2) is 5.97 Å². The number of allylic oxidation sites excluding steroid dienone is 2. The Morgan fingerprint density at radius 3 is 2.46 bits per heavy atom. The summed E-state index contributed by atoms with van der Waals surface area (Å²) < 4.78 is 5.61. The van der Waals surface area contributed by atoms with Crippen LogP contribution < -0.4 is 5.32 Å². The highest BCUT2D eigenvalue weighted by molar-refractivity contribution is 5.78. The lowest BCUT2D eigenvalue weighted by atomic mass is 10.1. The Hall–Kier alpha value is -2.55. The maximum Gasteiger partial charge on any atom is 0.310 e. The third-order valence-electron chi connectivity index (χ3n) is 5.05. The summed E-state index contributed by atoms with van der Waals surface area (Å²) in [6, 6.07) is 18.0. The fraction of sp³-hybridized carbons (Fsp3) is 0.348. The number of carbonyl (C=O) groups excluding carboxylic acids is 1. The average Bonchev–Trinajstić information content (AvgIpc) is 3.13. The summed E-state index contributed by atoms with van der Waals surface area (Å²) in [4.78, 5) is 12.5. The van der Waals surface area contributed by atoms with E-state index in [0.717, 1.165) is 16.9 Å². The van der Waals surface area contributed by atoms with Crippen LogP contribution in [0, 0.1) is 17.3 Å². The standard InChI is InChI=1S/C23H27NO2/c1-16(2)13-20-21(23(20,3)4)22(25)26-15-17-9-8-12-19(14-17)24-18-10-6-5-7-11-18/h5-14,20-21,24H,15H2,1-4H3. The lowest BCUT2D eigenvalue weighted by Crippen LogP contribution is -2.10. The zero-order valence-electron chi connectivity index (χ0n) is 16.0. The van der Waals surface area contributed by atoms with Gasteiger partial charge in [0.15, 0.2) is 0 Å². The average molecular weight is 349 g/mol. The van der Waals surface area contributed by atoms with Crippen molar-refractivity contribution in [2.24, 2.45) is 17.3 Å². The van der Waals surface area contributed by atoms with Crippen LogP contribution in [0.2, 0.25) is 0 Å². The molecule has 2 aromatic rings. The number of para-hydroxylation sites is 1. The second-order valence-electron chi connectivity index (χ2n) is 7.87. The Kier molecular flexibility index (Phi) is 5.17. The molecular weight excluding hydrogens is 322 g/mol. The largest absolute Gasteiger partial charge is 0.461 e. The van der Waals surface area contributed by atoms with Crippen molar-refractivity contribution in [1.82, 2.24) is 0 Å². The van der Waals surface area contributed by atoms with Gasteiger partial charge in [-0.15, -0.1) is 0 Å². The van der Waals surface area contributed by atoms with Crippen LogP contribution in [0.15, 0.2) is 66.2 Å². The van der Waals surface area contributed by atoms with Gasteiger partial charge in [-0.1, -0.05) is 55.8 Å². The first kappa shape index (κ1) is 18.2. The van der Waals surface area contributed by atoms with E-state index in [9.17, 15) is 4.79 Å². The monoisotopic (exact) mass is 349 g/mol. The number of esters is 1. The molecule has 0 heterocycles. The summed E-state index contributed by atoms with van der Waals surface area (Å²) in [5, 5.41) is 3.36. The van der Waals surface area contributed by atoms with E-state index in [0.29, 0.717) is 6.61 Å². The van der Waals surface area contributed by atoms with Crippen molar-refractivity contribution in [1.29, 1.82) is 0 Å². The molecule has 2 atom stereocenters. The first-order valence-corrected chi connectivity index (χ1v) is 9.10. The lowest BCUT2D eigenvalue weighted by Gasteiger charge is -2.09. The van der Waals surface area contributed by atoms with Gasteiger partial charge in [-0.2, -0.15) is 0 Å². The molecule has 3 rings (SSSR count). The highest BCUT2D eigenvalue weighted by Crippen LogP contribution is 2.59. The quantitative estimate of drug-likeness (QED) is 0.536. The van der Waals surface area contributed by atoms with E-state index in [1.54, 1.807) is 0 Å². The van der Waals surface area contributed by atoms with Crippen molar-refractivity contribution in [2.45, 2.75) is 34.3 Å². The number of ether oxygens (including phenoxy) is 1. The summed E-state index contributed by atoms with van der Waals surface area (Å²) >= 11 is 0. The molecule has 2 unspecified atom stereocenters. The van der Waals surface area contributed by atoms with Gasteiger partial charge in [0.2, 0.25) is 0 Å². The SMILES string of the molecule is CC(C)=CC1C(C(=O)OCc2cccc(Nc3ccccc3)c2)C1(C)C. The van der Waals surface area contributed by atoms with Crippen molar-refractivity contribution in [2.75, 3.05) is 5.32 Å². The summed E-state index contributed by atoms with van der Waals surface area (Å²) in [6.07, 6.45) is 2.19. The number of nitrogens with one attached hydrogen (secondary N) is 1. The molecule has 1 N–H and O–H groups in total. The highest BCUT2D eigenvalue weighted by atomic mass is 16.5. The van der Waals surface area contributed by atoms with Crippen molar-refractivity contribution in [3.8, 4) is 0 Å². The van der Waals surface area contributed by atoms with Gasteiger partial charge in [0.1, 0.15) is 6.61 Å². The van der Waals surface area contributed by atoms with Crippen LogP contribution in [0.5, 0.6) is 0 Å². The van der Waals surface area contributed by atoms with Gasteiger partial charge in [-0.3, -0.25) is 4.79 Å². The Morgan fingerprint density at radius 1 is 1.08 bits per heavy atom. The molecule has 0 saturated heterocycles. The smallest absolute Gasteiger partial charge is 0.310 e. The minimum atomic E-state index is -0.0982. The molecule has 0 aromatic heterocycles. The molecule has 1 saturated carbocycles. The van der Waals surface area contributed by atoms with Gasteiger partial charge in [0.25, 0.3) is 0 Å². The summed E-state index contributed by atoms with van der Waals surface area (Å²) in [7, 11) is 0. The number of anilines is 2. The van der Waals surface area contributed by atoms with E-state index in [-0.39, 0.29) is 23.2 Å². The Labute approximate surface area is 156 Å². The second kappa shape index (κ2) is 7.36. The second-order valence-corrected chi connectivity index (χ2v) is 7.87. The van der Waals surface area contributed by atoms with Crippen LogP contribution in [-0.2, 0) is 16.1 Å². The van der Waals surface area contributed by atoms with E-state index in [1.807, 2.05) is 54.6 Å². The summed E-state index contributed by atoms with van der Waals surface area (Å²) in [5.41, 5.74) is 4.24. The fourth-order valence-electron chi connectivity index (χ4n) is 3.47. The normalized spacial score (nSPS) is 20.2. The molecule has 1 fully saturated rings. The zero-order chi connectivity index (χ0) is 18.7. The molecule has 26 heavy (non-hydrogen) atoms. The fourth-order valence-corrected chi connectivity index (χ4v) is 3.47. The van der Waals surface area contributed by atoms with Crippen LogP contribution >= 0.6 is 0 Å². The molecule has 1 aliphatic carbocycles. The van der Waals surface area contributed by atoms with Crippen LogP contribution in [0.25, 0.3) is 0 Å². The maximum atomic E-state index is 12.5. The van der Waals surface area contributed by atoms with Crippen molar-refractivity contribution < 1.29 is 9.53 Å². The molecular formula is C23H27NO2. The van der Waals surface area contributed by atoms with Gasteiger partial charge in [-0.25, -0.2) is 0 Å². The first-order valence-electron chi connectivity index (χ1n) is 9.10. The van der Waals surface area contributed by atoms with Crippen LogP contribution in [0.4, 0.5) is 11.4 Å². The first-order chi connectivity index (χ1) is 12.4. The highest BCUT2D eigenvalue weighted by Gasteiger charge is 2.61. The van der Waals surface area contributed by atoms with Crippen molar-refractivity contribution in [3.63, 3.8) is 0 Å². The number of carbonyl (C=O) groups is 1. The van der Waals surface area contributed by atoms with E-state index in [2.05, 4.69) is 39.1 Å². The van der Waals surface area contributed by atoms with Crippen molar-refractivity contribution in [3.05, 3.63) is 71.8 Å². The maximum absolute atomic E-state index is 12.5. The van der Waals surface area contributed by atoms with Gasteiger partial charge in [0.05, 0.1) is 5.92 Å². The minimum Gasteiger partial charge on any atom is -0.461 e. The van der Waals surface area contributed by atoms with Crippen molar-refractivity contribution >= 4 is 17.3 Å². The molecule has 3 nitrogen and oxygen atoms in total. The molecule has 0 aliphatic heterocycles. The zero-order valence-corrected chi connectivity index (χ0v) is 16.0. The third kappa shape index (κ3) is 4.16. The number of hydrogen-bond acceptors (Lipinski definition) is 3. The molecule has 3 heteroatoms. The van der Waals surface area contributed by atoms with Crippen LogP contribution in [0.3, 0.4) is 0 Å². The van der Waals surface area contributed by atoms with Crippen LogP contribution in [0.1, 0.15) is 33.3 Å². The van der Waals surface area contributed by atoms with E-state index < -0.39 is 0 Å². The number of benzene rings is 2.